The summed E-state index contributed by atoms with van der Waals surface area (Å²) in [5, 5.41) is 5.89. The van der Waals surface area contributed by atoms with E-state index in [1.165, 1.54) is 0 Å². The van der Waals surface area contributed by atoms with Crippen LogP contribution in [0.5, 0.6) is 0 Å². The number of amides is 1. The van der Waals surface area contributed by atoms with Crippen LogP contribution in [0.3, 0.4) is 0 Å². The molecule has 2 N–H and O–H groups in total. The van der Waals surface area contributed by atoms with Gasteiger partial charge in [-0.15, -0.1) is 0 Å². The van der Waals surface area contributed by atoms with Gasteiger partial charge in [-0.05, 0) is 18.6 Å². The fourth-order valence-electron chi connectivity index (χ4n) is 2.13. The number of rotatable bonds is 6. The molecule has 6 nitrogen and oxygen atoms in total. The zero-order chi connectivity index (χ0) is 14.4. The summed E-state index contributed by atoms with van der Waals surface area (Å²) in [6, 6.07) is 5.46. The number of nitrogens with zero attached hydrogens (tertiary/aromatic N) is 1. The van der Waals surface area contributed by atoms with Crippen molar-refractivity contribution in [2.75, 3.05) is 18.1 Å². The Bertz CT molecular complexity index is 545. The first kappa shape index (κ1) is 14.9. The van der Waals surface area contributed by atoms with E-state index >= 15 is 0 Å². The summed E-state index contributed by atoms with van der Waals surface area (Å²) in [6.45, 7) is 1.16. The zero-order valence-electron chi connectivity index (χ0n) is 11.2. The van der Waals surface area contributed by atoms with Crippen LogP contribution >= 0.6 is 0 Å². The molecular weight excluding hydrogens is 278 g/mol. The maximum Gasteiger partial charge on any atom is 0.221 e. The van der Waals surface area contributed by atoms with Gasteiger partial charge in [-0.1, -0.05) is 6.07 Å². The first-order chi connectivity index (χ1) is 9.55. The maximum absolute atomic E-state index is 11.7. The van der Waals surface area contributed by atoms with Crippen molar-refractivity contribution >= 4 is 15.7 Å². The van der Waals surface area contributed by atoms with E-state index in [1.54, 1.807) is 6.20 Å². The second-order valence-electron chi connectivity index (χ2n) is 4.92. The van der Waals surface area contributed by atoms with Crippen LogP contribution in [0.4, 0.5) is 0 Å². The van der Waals surface area contributed by atoms with E-state index < -0.39 is 9.84 Å². The highest BCUT2D eigenvalue weighted by atomic mass is 32.2. The van der Waals surface area contributed by atoms with E-state index in [0.717, 1.165) is 5.69 Å². The molecule has 20 heavy (non-hydrogen) atoms. The number of hydrogen-bond donors (Lipinski definition) is 2. The Balaban J connectivity index is 1.61. The smallest absolute Gasteiger partial charge is 0.221 e. The highest BCUT2D eigenvalue weighted by Gasteiger charge is 2.28. The minimum atomic E-state index is -2.94. The summed E-state index contributed by atoms with van der Waals surface area (Å²) in [4.78, 5) is 15.8. The van der Waals surface area contributed by atoms with Crippen molar-refractivity contribution in [2.45, 2.75) is 25.4 Å². The summed E-state index contributed by atoms with van der Waals surface area (Å²) in [5.74, 6) is 0.135. The molecule has 0 radical (unpaired) electrons. The van der Waals surface area contributed by atoms with Gasteiger partial charge < -0.3 is 10.6 Å². The van der Waals surface area contributed by atoms with Gasteiger partial charge in [-0.25, -0.2) is 8.42 Å². The van der Waals surface area contributed by atoms with Crippen molar-refractivity contribution in [1.82, 2.24) is 15.6 Å². The van der Waals surface area contributed by atoms with Crippen molar-refractivity contribution in [3.63, 3.8) is 0 Å². The fourth-order valence-corrected chi connectivity index (χ4v) is 3.80. The second kappa shape index (κ2) is 6.81. The largest absolute Gasteiger partial charge is 0.352 e. The molecule has 1 atom stereocenters. The third-order valence-electron chi connectivity index (χ3n) is 3.16. The van der Waals surface area contributed by atoms with Crippen LogP contribution in [0.25, 0.3) is 0 Å². The van der Waals surface area contributed by atoms with E-state index in [-0.39, 0.29) is 23.5 Å². The number of nitrogens with one attached hydrogen (secondary N) is 2. The average molecular weight is 297 g/mol. The number of hydrogen-bond acceptors (Lipinski definition) is 5. The molecule has 0 bridgehead atoms. The van der Waals surface area contributed by atoms with Crippen LogP contribution in [0.1, 0.15) is 18.5 Å². The van der Waals surface area contributed by atoms with Crippen LogP contribution in [0, 0.1) is 0 Å². The minimum Gasteiger partial charge on any atom is -0.352 e. The lowest BCUT2D eigenvalue weighted by Gasteiger charge is -2.11. The Morgan fingerprint density at radius 1 is 1.40 bits per heavy atom. The number of aromatic nitrogens is 1. The molecule has 1 aliphatic heterocycles. The molecule has 2 heterocycles. The molecule has 7 heteroatoms. The normalized spacial score (nSPS) is 20.7. The van der Waals surface area contributed by atoms with Crippen LogP contribution in [0.15, 0.2) is 24.4 Å². The van der Waals surface area contributed by atoms with E-state index in [4.69, 9.17) is 0 Å². The van der Waals surface area contributed by atoms with Crippen molar-refractivity contribution in [1.29, 1.82) is 0 Å². The van der Waals surface area contributed by atoms with E-state index in [9.17, 15) is 13.2 Å². The summed E-state index contributed by atoms with van der Waals surface area (Å²) in [5.41, 5.74) is 0.926. The molecule has 1 fully saturated rings. The van der Waals surface area contributed by atoms with E-state index in [0.29, 0.717) is 25.9 Å². The SMILES string of the molecule is O=C(CCNCc1ccccn1)NC1CCS(=O)(=O)C1. The first-order valence-corrected chi connectivity index (χ1v) is 8.48. The fraction of sp³-hybridized carbons (Fsp3) is 0.538. The van der Waals surface area contributed by atoms with Crippen molar-refractivity contribution in [3.8, 4) is 0 Å². The molecule has 0 aromatic carbocycles. The van der Waals surface area contributed by atoms with Crippen molar-refractivity contribution < 1.29 is 13.2 Å². The van der Waals surface area contributed by atoms with Crippen molar-refractivity contribution in [3.05, 3.63) is 30.1 Å². The van der Waals surface area contributed by atoms with Gasteiger partial charge in [0.05, 0.1) is 17.2 Å². The Morgan fingerprint density at radius 3 is 2.90 bits per heavy atom. The predicted octanol–water partition coefficient (Wildman–Crippen LogP) is -0.135. The van der Waals surface area contributed by atoms with E-state index in [1.807, 2.05) is 18.2 Å². The lowest BCUT2D eigenvalue weighted by molar-refractivity contribution is -0.121. The number of carbonyl (C=O) groups is 1. The monoisotopic (exact) mass is 297 g/mol. The third-order valence-corrected chi connectivity index (χ3v) is 4.93. The maximum atomic E-state index is 11.7. The van der Waals surface area contributed by atoms with Gasteiger partial charge in [0.25, 0.3) is 0 Å². The van der Waals surface area contributed by atoms with Gasteiger partial charge in [0.2, 0.25) is 5.91 Å². The van der Waals surface area contributed by atoms with Gasteiger partial charge in [-0.3, -0.25) is 9.78 Å². The third kappa shape index (κ3) is 4.90. The molecule has 0 spiro atoms. The molecule has 1 saturated heterocycles. The molecule has 110 valence electrons. The molecular formula is C13H19N3O3S. The molecule has 0 aliphatic carbocycles. The molecule has 1 aromatic heterocycles. The number of sulfone groups is 1. The van der Waals surface area contributed by atoms with Crippen molar-refractivity contribution in [2.24, 2.45) is 0 Å². The lowest BCUT2D eigenvalue weighted by atomic mass is 10.2. The quantitative estimate of drug-likeness (QED) is 0.714. The number of carbonyl (C=O) groups excluding carboxylic acids is 1. The molecule has 2 rings (SSSR count). The molecule has 1 amide bonds. The first-order valence-electron chi connectivity index (χ1n) is 6.65. The summed E-state index contributed by atoms with van der Waals surface area (Å²) >= 11 is 0. The molecule has 1 unspecified atom stereocenters. The predicted molar refractivity (Wildman–Crippen MR) is 75.8 cm³/mol. The minimum absolute atomic E-state index is 0.0695. The lowest BCUT2D eigenvalue weighted by Crippen LogP contribution is -2.37. The van der Waals surface area contributed by atoms with E-state index in [2.05, 4.69) is 15.6 Å². The molecule has 0 saturated carbocycles. The Hall–Kier alpha value is -1.47. The van der Waals surface area contributed by atoms with Gasteiger partial charge in [0.15, 0.2) is 9.84 Å². The Morgan fingerprint density at radius 2 is 2.25 bits per heavy atom. The van der Waals surface area contributed by atoms with Gasteiger partial charge in [0, 0.05) is 31.7 Å². The Labute approximate surface area is 118 Å². The molecule has 1 aromatic rings. The average Bonchev–Trinajstić information content (AvgIpc) is 2.75. The summed E-state index contributed by atoms with van der Waals surface area (Å²) in [7, 11) is -2.94. The standard InChI is InChI=1S/C13H19N3O3S/c17-13(16-12-5-8-20(18,19)10-12)4-7-14-9-11-3-1-2-6-15-11/h1-3,6,12,14H,4-5,7-10H2,(H,16,17). The number of pyridine rings is 1. The molecule has 1 aliphatic rings. The Kier molecular flexibility index (Phi) is 5.08. The van der Waals surface area contributed by atoms with Crippen LogP contribution < -0.4 is 10.6 Å². The van der Waals surface area contributed by atoms with Crippen LogP contribution in [-0.2, 0) is 21.2 Å². The summed E-state index contributed by atoms with van der Waals surface area (Å²) < 4.78 is 22.5. The van der Waals surface area contributed by atoms with Gasteiger partial charge >= 0.3 is 0 Å². The topological polar surface area (TPSA) is 88.2 Å². The summed E-state index contributed by atoms with van der Waals surface area (Å²) in [6.07, 6.45) is 2.59. The van der Waals surface area contributed by atoms with Crippen LogP contribution in [0.2, 0.25) is 0 Å². The second-order valence-corrected chi connectivity index (χ2v) is 7.14. The van der Waals surface area contributed by atoms with Gasteiger partial charge in [0.1, 0.15) is 0 Å². The van der Waals surface area contributed by atoms with Gasteiger partial charge in [-0.2, -0.15) is 0 Å². The highest BCUT2D eigenvalue weighted by molar-refractivity contribution is 7.91. The van der Waals surface area contributed by atoms with Crippen LogP contribution in [-0.4, -0.2) is 43.4 Å². The zero-order valence-corrected chi connectivity index (χ0v) is 12.0. The highest BCUT2D eigenvalue weighted by Crippen LogP contribution is 2.11.